The zero-order valence-corrected chi connectivity index (χ0v) is 16.8. The van der Waals surface area contributed by atoms with Crippen LogP contribution in [0.15, 0.2) is 30.3 Å². The van der Waals surface area contributed by atoms with Gasteiger partial charge in [0.25, 0.3) is 0 Å². The molecule has 0 bridgehead atoms. The van der Waals surface area contributed by atoms with Crippen LogP contribution in [0.4, 0.5) is 4.79 Å². The van der Waals surface area contributed by atoms with E-state index in [9.17, 15) is 14.4 Å². The zero-order valence-electron chi connectivity index (χ0n) is 16.8. The molecule has 1 aromatic rings. The summed E-state index contributed by atoms with van der Waals surface area (Å²) in [4.78, 5) is 36.2. The first-order valence-electron chi connectivity index (χ1n) is 9.06. The van der Waals surface area contributed by atoms with Crippen molar-refractivity contribution >= 4 is 18.0 Å². The van der Waals surface area contributed by atoms with Crippen LogP contribution in [0.3, 0.4) is 0 Å². The summed E-state index contributed by atoms with van der Waals surface area (Å²) < 4.78 is 15.4. The van der Waals surface area contributed by atoms with Gasteiger partial charge in [0.1, 0.15) is 12.7 Å². The van der Waals surface area contributed by atoms with Crippen LogP contribution < -0.4 is 5.32 Å². The van der Waals surface area contributed by atoms with E-state index in [1.165, 1.54) is 14.0 Å². The largest absolute Gasteiger partial charge is 0.469 e. The van der Waals surface area contributed by atoms with Gasteiger partial charge in [0.15, 0.2) is 0 Å². The highest BCUT2D eigenvalue weighted by atomic mass is 16.6. The van der Waals surface area contributed by atoms with E-state index in [1.807, 2.05) is 30.3 Å². The Morgan fingerprint density at radius 2 is 1.82 bits per heavy atom. The number of methoxy groups -OCH3 is 1. The number of amides is 1. The Labute approximate surface area is 165 Å². The molecule has 2 N–H and O–H groups in total. The summed E-state index contributed by atoms with van der Waals surface area (Å²) in [6.45, 7) is 4.32. The summed E-state index contributed by atoms with van der Waals surface area (Å²) in [7, 11) is 1.24. The number of benzene rings is 1. The average molecular weight is 395 g/mol. The fourth-order valence-electron chi connectivity index (χ4n) is 2.82. The Bertz CT molecular complexity index is 645. The van der Waals surface area contributed by atoms with E-state index in [-0.39, 0.29) is 19.6 Å². The molecule has 1 rings (SSSR count). The van der Waals surface area contributed by atoms with Crippen molar-refractivity contribution < 1.29 is 33.7 Å². The third kappa shape index (κ3) is 7.19. The molecule has 1 aromatic carbocycles. The molecule has 8 heteroatoms. The minimum absolute atomic E-state index is 0.0485. The minimum Gasteiger partial charge on any atom is -0.469 e. The van der Waals surface area contributed by atoms with Crippen LogP contribution >= 0.6 is 0 Å². The number of nitrogens with one attached hydrogen (secondary N) is 1. The first-order chi connectivity index (χ1) is 13.2. The molecule has 0 aromatic heterocycles. The Balaban J connectivity index is 2.98. The number of ether oxygens (including phenoxy) is 3. The summed E-state index contributed by atoms with van der Waals surface area (Å²) in [6, 6.07) is 8.21. The van der Waals surface area contributed by atoms with Crippen LogP contribution in [-0.2, 0) is 30.4 Å². The van der Waals surface area contributed by atoms with Gasteiger partial charge in [-0.2, -0.15) is 0 Å². The molecule has 0 fully saturated rings. The van der Waals surface area contributed by atoms with Crippen LogP contribution in [0.2, 0.25) is 0 Å². The Hall–Kier alpha value is -2.61. The summed E-state index contributed by atoms with van der Waals surface area (Å²) in [5, 5.41) is 11.8. The number of carbonyl (C=O) groups excluding carboxylic acids is 3. The van der Waals surface area contributed by atoms with Crippen molar-refractivity contribution in [2.75, 3.05) is 13.7 Å². The second kappa shape index (κ2) is 11.3. The Morgan fingerprint density at radius 1 is 1.18 bits per heavy atom. The van der Waals surface area contributed by atoms with Gasteiger partial charge < -0.3 is 24.6 Å². The van der Waals surface area contributed by atoms with E-state index in [0.29, 0.717) is 6.42 Å². The predicted molar refractivity (Wildman–Crippen MR) is 101 cm³/mol. The molecule has 0 unspecified atom stereocenters. The highest BCUT2D eigenvalue weighted by Gasteiger charge is 2.45. The second-order valence-electron chi connectivity index (χ2n) is 6.91. The number of carbonyl (C=O) groups is 3. The lowest BCUT2D eigenvalue weighted by Crippen LogP contribution is -2.56. The van der Waals surface area contributed by atoms with Gasteiger partial charge in [-0.05, 0) is 32.3 Å². The highest BCUT2D eigenvalue weighted by Crippen LogP contribution is 2.28. The van der Waals surface area contributed by atoms with Crippen molar-refractivity contribution in [1.29, 1.82) is 0 Å². The third-order valence-corrected chi connectivity index (χ3v) is 4.31. The maximum Gasteiger partial charge on any atom is 0.407 e. The fourth-order valence-corrected chi connectivity index (χ4v) is 2.82. The molecule has 28 heavy (non-hydrogen) atoms. The van der Waals surface area contributed by atoms with Crippen molar-refractivity contribution in [2.24, 2.45) is 5.41 Å². The molecule has 2 atom stereocenters. The minimum atomic E-state index is -1.21. The monoisotopic (exact) mass is 395 g/mol. The van der Waals surface area contributed by atoms with Crippen LogP contribution in [0.25, 0.3) is 0 Å². The maximum atomic E-state index is 12.4. The van der Waals surface area contributed by atoms with E-state index in [2.05, 4.69) is 5.32 Å². The van der Waals surface area contributed by atoms with E-state index in [0.717, 1.165) is 5.56 Å². The van der Waals surface area contributed by atoms with Crippen LogP contribution in [0, 0.1) is 5.41 Å². The van der Waals surface area contributed by atoms with Gasteiger partial charge in [-0.25, -0.2) is 4.79 Å². The van der Waals surface area contributed by atoms with Gasteiger partial charge in [-0.15, -0.1) is 0 Å². The van der Waals surface area contributed by atoms with E-state index in [4.69, 9.17) is 19.3 Å². The number of alkyl carbamates (subject to hydrolysis) is 1. The summed E-state index contributed by atoms with van der Waals surface area (Å²) in [5.74, 6) is -1.14. The van der Waals surface area contributed by atoms with Crippen molar-refractivity contribution in [3.63, 3.8) is 0 Å². The van der Waals surface area contributed by atoms with Crippen molar-refractivity contribution in [2.45, 2.75) is 52.4 Å². The fraction of sp³-hybridized carbons (Fsp3) is 0.550. The molecular weight excluding hydrogens is 366 g/mol. The Kier molecular flexibility index (Phi) is 9.44. The molecule has 8 nitrogen and oxygen atoms in total. The lowest BCUT2D eigenvalue weighted by atomic mass is 9.80. The normalized spacial score (nSPS) is 13.2. The molecule has 0 aliphatic heterocycles. The molecule has 0 radical (unpaired) electrons. The topological polar surface area (TPSA) is 111 Å². The van der Waals surface area contributed by atoms with Gasteiger partial charge in [-0.3, -0.25) is 9.59 Å². The number of rotatable bonds is 10. The van der Waals surface area contributed by atoms with Crippen LogP contribution in [0.1, 0.15) is 39.2 Å². The third-order valence-electron chi connectivity index (χ3n) is 4.31. The van der Waals surface area contributed by atoms with E-state index < -0.39 is 35.6 Å². The van der Waals surface area contributed by atoms with Gasteiger partial charge >= 0.3 is 18.0 Å². The van der Waals surface area contributed by atoms with Crippen molar-refractivity contribution in [3.8, 4) is 0 Å². The van der Waals surface area contributed by atoms with Gasteiger partial charge in [0, 0.05) is 13.5 Å². The number of hydrogen-bond donors (Lipinski definition) is 2. The SMILES string of the molecule is COC(=O)C(C)(C)[C@H](NC(=O)OCc1ccccc1)[C@H](CCCO)OC(C)=O. The first-order valence-corrected chi connectivity index (χ1v) is 9.06. The number of aliphatic hydroxyl groups excluding tert-OH is 1. The first kappa shape index (κ1) is 23.4. The molecule has 0 saturated heterocycles. The summed E-state index contributed by atoms with van der Waals surface area (Å²) in [5.41, 5.74) is -0.408. The van der Waals surface area contributed by atoms with Gasteiger partial charge in [-0.1, -0.05) is 30.3 Å². The van der Waals surface area contributed by atoms with E-state index in [1.54, 1.807) is 13.8 Å². The highest BCUT2D eigenvalue weighted by molar-refractivity contribution is 5.78. The average Bonchev–Trinajstić information content (AvgIpc) is 2.67. The van der Waals surface area contributed by atoms with E-state index >= 15 is 0 Å². The molecule has 0 saturated carbocycles. The van der Waals surface area contributed by atoms with Crippen molar-refractivity contribution in [1.82, 2.24) is 5.32 Å². The Morgan fingerprint density at radius 3 is 2.36 bits per heavy atom. The zero-order chi connectivity index (χ0) is 21.2. The molecule has 0 aliphatic carbocycles. The molecule has 0 aliphatic rings. The molecule has 156 valence electrons. The maximum absolute atomic E-state index is 12.4. The molecular formula is C20H29NO7. The van der Waals surface area contributed by atoms with Crippen LogP contribution in [0.5, 0.6) is 0 Å². The molecule has 0 heterocycles. The van der Waals surface area contributed by atoms with Crippen molar-refractivity contribution in [3.05, 3.63) is 35.9 Å². The standard InChI is InChI=1S/C20H29NO7/c1-14(23)28-16(11-8-12-22)17(20(2,3)18(24)26-4)21-19(25)27-13-15-9-6-5-7-10-15/h5-7,9-10,16-17,22H,8,11-13H2,1-4H3,(H,21,25)/t16-,17+/m0/s1. The smallest absolute Gasteiger partial charge is 0.407 e. The number of hydrogen-bond acceptors (Lipinski definition) is 7. The van der Waals surface area contributed by atoms with Gasteiger partial charge in [0.05, 0.1) is 18.6 Å². The molecule has 1 amide bonds. The predicted octanol–water partition coefficient (Wildman–Crippen LogP) is 2.18. The number of aliphatic hydroxyl groups is 1. The van der Waals surface area contributed by atoms with Gasteiger partial charge in [0.2, 0.25) is 0 Å². The summed E-state index contributed by atoms with van der Waals surface area (Å²) >= 11 is 0. The second-order valence-corrected chi connectivity index (χ2v) is 6.91. The quantitative estimate of drug-likeness (QED) is 0.461. The lowest BCUT2D eigenvalue weighted by Gasteiger charge is -2.37. The summed E-state index contributed by atoms with van der Waals surface area (Å²) in [6.07, 6.45) is -1.03. The van der Waals surface area contributed by atoms with Crippen LogP contribution in [-0.4, -0.2) is 49.0 Å². The molecule has 0 spiro atoms. The number of esters is 2. The lowest BCUT2D eigenvalue weighted by molar-refractivity contribution is -0.161.